The quantitative estimate of drug-likeness (QED) is 0.544. The summed E-state index contributed by atoms with van der Waals surface area (Å²) in [5.41, 5.74) is 0.309. The maximum Gasteiger partial charge on any atom is 0.362 e. The smallest absolute Gasteiger partial charge is 0.362 e. The summed E-state index contributed by atoms with van der Waals surface area (Å²) in [5.74, 6) is 0.686. The van der Waals surface area contributed by atoms with Crippen molar-refractivity contribution in [2.45, 2.75) is 0 Å². The molecular formula is C17H13NO3. The van der Waals surface area contributed by atoms with E-state index in [2.05, 4.69) is 4.98 Å². The molecule has 104 valence electrons. The summed E-state index contributed by atoms with van der Waals surface area (Å²) < 4.78 is 10.4. The molecule has 0 atom stereocenters. The lowest BCUT2D eigenvalue weighted by Gasteiger charge is -2.07. The van der Waals surface area contributed by atoms with E-state index < -0.39 is 5.97 Å². The molecule has 21 heavy (non-hydrogen) atoms. The van der Waals surface area contributed by atoms with Crippen LogP contribution in [0.3, 0.4) is 0 Å². The predicted molar refractivity (Wildman–Crippen MR) is 79.7 cm³/mol. The van der Waals surface area contributed by atoms with Gasteiger partial charge in [0.25, 0.3) is 0 Å². The van der Waals surface area contributed by atoms with Crippen LogP contribution in [0, 0.1) is 0 Å². The monoisotopic (exact) mass is 279 g/mol. The number of rotatable bonds is 3. The van der Waals surface area contributed by atoms with E-state index in [-0.39, 0.29) is 0 Å². The van der Waals surface area contributed by atoms with Crippen molar-refractivity contribution in [3.05, 3.63) is 66.5 Å². The van der Waals surface area contributed by atoms with Gasteiger partial charge in [0.1, 0.15) is 11.5 Å². The first kappa shape index (κ1) is 13.1. The highest BCUT2D eigenvalue weighted by atomic mass is 16.5. The van der Waals surface area contributed by atoms with Gasteiger partial charge >= 0.3 is 5.97 Å². The van der Waals surface area contributed by atoms with Crippen LogP contribution in [0.2, 0.25) is 0 Å². The molecule has 0 radical (unpaired) electrons. The van der Waals surface area contributed by atoms with E-state index in [0.29, 0.717) is 17.2 Å². The van der Waals surface area contributed by atoms with Gasteiger partial charge in [-0.1, -0.05) is 24.3 Å². The largest absolute Gasteiger partial charge is 0.497 e. The van der Waals surface area contributed by atoms with E-state index >= 15 is 0 Å². The van der Waals surface area contributed by atoms with Crippen LogP contribution >= 0.6 is 0 Å². The Kier molecular flexibility index (Phi) is 3.51. The number of hydrogen-bond acceptors (Lipinski definition) is 4. The van der Waals surface area contributed by atoms with Crippen molar-refractivity contribution < 1.29 is 14.3 Å². The van der Waals surface area contributed by atoms with E-state index in [1.807, 2.05) is 30.3 Å². The molecule has 1 aromatic heterocycles. The summed E-state index contributed by atoms with van der Waals surface area (Å²) >= 11 is 0. The normalized spacial score (nSPS) is 10.3. The van der Waals surface area contributed by atoms with E-state index in [9.17, 15) is 4.79 Å². The van der Waals surface area contributed by atoms with Crippen molar-refractivity contribution in [3.63, 3.8) is 0 Å². The van der Waals surface area contributed by atoms with Gasteiger partial charge in [-0.05, 0) is 35.7 Å². The Bertz CT molecular complexity index is 776. The summed E-state index contributed by atoms with van der Waals surface area (Å²) in [6.07, 6.45) is 1.60. The molecule has 0 aliphatic rings. The summed E-state index contributed by atoms with van der Waals surface area (Å²) in [4.78, 5) is 16.4. The van der Waals surface area contributed by atoms with Gasteiger partial charge in [0.2, 0.25) is 0 Å². The van der Waals surface area contributed by atoms with Gasteiger partial charge in [-0.15, -0.1) is 0 Å². The minimum atomic E-state index is -0.475. The molecule has 0 saturated heterocycles. The van der Waals surface area contributed by atoms with Crippen molar-refractivity contribution >= 4 is 16.7 Å². The molecule has 0 unspecified atom stereocenters. The van der Waals surface area contributed by atoms with E-state index in [1.165, 1.54) is 0 Å². The fraction of sp³-hybridized carbons (Fsp3) is 0.0588. The third kappa shape index (κ3) is 2.69. The van der Waals surface area contributed by atoms with Gasteiger partial charge in [0.15, 0.2) is 5.69 Å². The molecule has 3 rings (SSSR count). The molecule has 0 spiro atoms. The molecule has 0 saturated carbocycles. The molecule has 0 fully saturated rings. The highest BCUT2D eigenvalue weighted by Crippen LogP contribution is 2.20. The zero-order valence-electron chi connectivity index (χ0n) is 11.4. The van der Waals surface area contributed by atoms with Crippen molar-refractivity contribution in [1.82, 2.24) is 4.98 Å². The molecule has 0 aliphatic carbocycles. The van der Waals surface area contributed by atoms with Crippen LogP contribution in [0.4, 0.5) is 0 Å². The van der Waals surface area contributed by atoms with Crippen LogP contribution in [-0.4, -0.2) is 18.1 Å². The number of carbonyl (C=O) groups excluding carboxylic acids is 1. The minimum absolute atomic E-state index is 0.309. The van der Waals surface area contributed by atoms with Crippen LogP contribution in [0.15, 0.2) is 60.8 Å². The number of nitrogens with zero attached hydrogens (tertiary/aromatic N) is 1. The maximum atomic E-state index is 12.3. The summed E-state index contributed by atoms with van der Waals surface area (Å²) in [7, 11) is 1.58. The predicted octanol–water partition coefficient (Wildman–Crippen LogP) is 3.46. The minimum Gasteiger partial charge on any atom is -0.497 e. The van der Waals surface area contributed by atoms with Gasteiger partial charge in [0, 0.05) is 11.6 Å². The zero-order valence-corrected chi connectivity index (χ0v) is 11.4. The van der Waals surface area contributed by atoms with Gasteiger partial charge in [0.05, 0.1) is 7.11 Å². The summed E-state index contributed by atoms with van der Waals surface area (Å²) in [6.45, 7) is 0. The molecule has 4 heteroatoms. The average molecular weight is 279 g/mol. The molecule has 2 aromatic carbocycles. The van der Waals surface area contributed by atoms with Crippen LogP contribution in [0.5, 0.6) is 11.5 Å². The Morgan fingerprint density at radius 1 is 0.952 bits per heavy atom. The average Bonchev–Trinajstić information content (AvgIpc) is 2.55. The number of ether oxygens (including phenoxy) is 2. The molecular weight excluding hydrogens is 266 g/mol. The first-order valence-corrected chi connectivity index (χ1v) is 6.48. The lowest BCUT2D eigenvalue weighted by atomic mass is 10.1. The molecule has 0 bridgehead atoms. The van der Waals surface area contributed by atoms with Crippen molar-refractivity contribution in [1.29, 1.82) is 0 Å². The van der Waals surface area contributed by atoms with Gasteiger partial charge < -0.3 is 9.47 Å². The van der Waals surface area contributed by atoms with Crippen molar-refractivity contribution in [2.75, 3.05) is 7.11 Å². The number of hydrogen-bond donors (Lipinski definition) is 0. The number of methoxy groups -OCH3 is 1. The number of fused-ring (bicyclic) bond motifs is 1. The Morgan fingerprint density at radius 3 is 2.43 bits per heavy atom. The second kappa shape index (κ2) is 5.63. The van der Waals surface area contributed by atoms with E-state index in [0.717, 1.165) is 10.8 Å². The van der Waals surface area contributed by atoms with E-state index in [4.69, 9.17) is 9.47 Å². The SMILES string of the molecule is COc1ccc(OC(=O)c2nccc3ccccc23)cc1. The van der Waals surface area contributed by atoms with E-state index in [1.54, 1.807) is 37.6 Å². The molecule has 3 aromatic rings. The van der Waals surface area contributed by atoms with Crippen LogP contribution < -0.4 is 9.47 Å². The lowest BCUT2D eigenvalue weighted by molar-refractivity contribution is 0.0731. The van der Waals surface area contributed by atoms with Gasteiger partial charge in [-0.3, -0.25) is 0 Å². The van der Waals surface area contributed by atoms with Crippen molar-refractivity contribution in [2.24, 2.45) is 0 Å². The van der Waals surface area contributed by atoms with Crippen LogP contribution in [-0.2, 0) is 0 Å². The first-order valence-electron chi connectivity index (χ1n) is 6.48. The Balaban J connectivity index is 1.90. The number of pyridine rings is 1. The first-order chi connectivity index (χ1) is 10.3. The standard InChI is InChI=1S/C17H13NO3/c1-20-13-6-8-14(9-7-13)21-17(19)16-15-5-3-2-4-12(15)10-11-18-16/h2-11H,1H3. The molecule has 4 nitrogen and oxygen atoms in total. The molecule has 0 N–H and O–H groups in total. The number of benzene rings is 2. The highest BCUT2D eigenvalue weighted by molar-refractivity contribution is 6.03. The second-order valence-electron chi connectivity index (χ2n) is 4.45. The Hall–Kier alpha value is -2.88. The Labute approximate surface area is 122 Å². The fourth-order valence-corrected chi connectivity index (χ4v) is 2.08. The highest BCUT2D eigenvalue weighted by Gasteiger charge is 2.13. The Morgan fingerprint density at radius 2 is 1.67 bits per heavy atom. The topological polar surface area (TPSA) is 48.4 Å². The molecule has 0 amide bonds. The number of esters is 1. The van der Waals surface area contributed by atoms with Crippen LogP contribution in [0.1, 0.15) is 10.5 Å². The maximum absolute atomic E-state index is 12.3. The molecule has 0 aliphatic heterocycles. The zero-order chi connectivity index (χ0) is 14.7. The second-order valence-corrected chi connectivity index (χ2v) is 4.45. The number of carbonyl (C=O) groups is 1. The van der Waals surface area contributed by atoms with Crippen molar-refractivity contribution in [3.8, 4) is 11.5 Å². The third-order valence-electron chi connectivity index (χ3n) is 3.14. The molecule has 1 heterocycles. The van der Waals surface area contributed by atoms with Crippen LogP contribution in [0.25, 0.3) is 10.8 Å². The fourth-order valence-electron chi connectivity index (χ4n) is 2.08. The van der Waals surface area contributed by atoms with Gasteiger partial charge in [-0.25, -0.2) is 9.78 Å². The third-order valence-corrected chi connectivity index (χ3v) is 3.14. The summed E-state index contributed by atoms with van der Waals surface area (Å²) in [5, 5.41) is 1.73. The number of aromatic nitrogens is 1. The summed E-state index contributed by atoms with van der Waals surface area (Å²) in [6, 6.07) is 16.3. The van der Waals surface area contributed by atoms with Gasteiger partial charge in [-0.2, -0.15) is 0 Å². The lowest BCUT2D eigenvalue weighted by Crippen LogP contribution is -2.11.